The van der Waals surface area contributed by atoms with Crippen molar-refractivity contribution in [1.82, 2.24) is 4.90 Å². The summed E-state index contributed by atoms with van der Waals surface area (Å²) in [6.45, 7) is 2.75. The average Bonchev–Trinajstić information content (AvgIpc) is 2.85. The summed E-state index contributed by atoms with van der Waals surface area (Å²) >= 11 is 1.34. The first-order valence-electron chi connectivity index (χ1n) is 6.04. The number of ether oxygens (including phenoxy) is 2. The summed E-state index contributed by atoms with van der Waals surface area (Å²) < 4.78 is 10.1. The number of hydrogen-bond acceptors (Lipinski definition) is 8. The first-order valence-corrected chi connectivity index (χ1v) is 6.92. The predicted octanol–water partition coefficient (Wildman–Crippen LogP) is -0.971. The Kier molecular flexibility index (Phi) is 4.34. The third kappa shape index (κ3) is 2.58. The molecule has 0 unspecified atom stereocenters. The lowest BCUT2D eigenvalue weighted by Gasteiger charge is -2.36. The highest BCUT2D eigenvalue weighted by Gasteiger charge is 2.51. The lowest BCUT2D eigenvalue weighted by molar-refractivity contribution is -0.187. The second-order valence-electron chi connectivity index (χ2n) is 4.46. The minimum absolute atomic E-state index is 0.480. The number of nitrogens with zero attached hydrogens (tertiary/aromatic N) is 2. The van der Waals surface area contributed by atoms with Crippen LogP contribution >= 0.6 is 11.8 Å². The van der Waals surface area contributed by atoms with Gasteiger partial charge in [0, 0.05) is 13.6 Å². The van der Waals surface area contributed by atoms with Crippen molar-refractivity contribution >= 4 is 22.9 Å². The molecule has 2 aliphatic heterocycles. The number of aliphatic hydroxyl groups excluding tert-OH is 2. The van der Waals surface area contributed by atoms with Crippen LogP contribution in [0.25, 0.3) is 0 Å². The van der Waals surface area contributed by atoms with Gasteiger partial charge in [-0.15, -0.1) is 0 Å². The first kappa shape index (κ1) is 14.6. The van der Waals surface area contributed by atoms with E-state index in [1.54, 1.807) is 0 Å². The number of fused-ring (bicyclic) bond motifs is 1. The monoisotopic (exact) mass is 290 g/mol. The van der Waals surface area contributed by atoms with Gasteiger partial charge in [0.25, 0.3) is 0 Å². The molecular weight excluding hydrogens is 272 g/mol. The smallest absolute Gasteiger partial charge is 0.337 e. The summed E-state index contributed by atoms with van der Waals surface area (Å²) in [4.78, 5) is 17.8. The topological polar surface area (TPSA) is 91.6 Å². The van der Waals surface area contributed by atoms with Crippen molar-refractivity contribution in [2.45, 2.75) is 36.7 Å². The number of aliphatic hydroxyl groups is 2. The van der Waals surface area contributed by atoms with Gasteiger partial charge in [0.05, 0.1) is 7.11 Å². The van der Waals surface area contributed by atoms with Crippen LogP contribution in [-0.2, 0) is 14.3 Å². The summed E-state index contributed by atoms with van der Waals surface area (Å²) in [7, 11) is 3.09. The third-order valence-electron chi connectivity index (χ3n) is 3.29. The van der Waals surface area contributed by atoms with Crippen LogP contribution in [0.2, 0.25) is 0 Å². The molecule has 0 bridgehead atoms. The van der Waals surface area contributed by atoms with E-state index in [0.717, 1.165) is 11.7 Å². The average molecular weight is 290 g/mol. The number of amidine groups is 1. The Labute approximate surface area is 115 Å². The summed E-state index contributed by atoms with van der Waals surface area (Å²) in [5, 5.41) is 20.7. The predicted molar refractivity (Wildman–Crippen MR) is 69.8 cm³/mol. The number of esters is 1. The molecular formula is C11H18N2O5S. The number of aliphatic imine (C=N–C) groups is 1. The normalized spacial score (nSPS) is 37.5. The summed E-state index contributed by atoms with van der Waals surface area (Å²) in [6, 6.07) is -0.565. The molecule has 2 aliphatic rings. The lowest BCUT2D eigenvalue weighted by atomic mass is 9.98. The van der Waals surface area contributed by atoms with E-state index in [4.69, 9.17) is 4.74 Å². The van der Waals surface area contributed by atoms with Gasteiger partial charge in [0.15, 0.2) is 11.3 Å². The Hall–Kier alpha value is -0.830. The summed E-state index contributed by atoms with van der Waals surface area (Å²) in [6.07, 6.45) is -3.64. The van der Waals surface area contributed by atoms with Crippen LogP contribution in [0, 0.1) is 0 Å². The Morgan fingerprint density at radius 1 is 1.53 bits per heavy atom. The van der Waals surface area contributed by atoms with Gasteiger partial charge < -0.3 is 24.6 Å². The van der Waals surface area contributed by atoms with E-state index in [-0.39, 0.29) is 0 Å². The molecule has 2 heterocycles. The van der Waals surface area contributed by atoms with E-state index in [1.165, 1.54) is 18.9 Å². The maximum Gasteiger partial charge on any atom is 0.337 e. The van der Waals surface area contributed by atoms with Gasteiger partial charge >= 0.3 is 5.97 Å². The number of carbonyl (C=O) groups is 1. The molecule has 0 aromatic heterocycles. The fourth-order valence-electron chi connectivity index (χ4n) is 1.98. The number of rotatable bonds is 2. The highest BCUT2D eigenvalue weighted by molar-refractivity contribution is 8.14. The summed E-state index contributed by atoms with van der Waals surface area (Å²) in [5.41, 5.74) is -0.480. The highest BCUT2D eigenvalue weighted by atomic mass is 32.2. The van der Waals surface area contributed by atoms with Crippen LogP contribution in [0.3, 0.4) is 0 Å². The molecule has 19 heavy (non-hydrogen) atoms. The molecule has 0 saturated carbocycles. The SMILES string of the molecule is CCN(C)C1=N[C@@H]2[C@@H](O)[C@H](O)[C@@H](C(=O)OC)O[C@@H]2S1. The van der Waals surface area contributed by atoms with E-state index in [9.17, 15) is 15.0 Å². The van der Waals surface area contributed by atoms with Crippen molar-refractivity contribution in [3.05, 3.63) is 0 Å². The van der Waals surface area contributed by atoms with Crippen molar-refractivity contribution in [3.8, 4) is 0 Å². The van der Waals surface area contributed by atoms with E-state index in [2.05, 4.69) is 9.73 Å². The molecule has 0 aliphatic carbocycles. The van der Waals surface area contributed by atoms with Crippen LogP contribution in [0.1, 0.15) is 6.92 Å². The quantitative estimate of drug-likeness (QED) is 0.632. The molecule has 1 saturated heterocycles. The van der Waals surface area contributed by atoms with E-state index < -0.39 is 35.8 Å². The Balaban J connectivity index is 2.14. The largest absolute Gasteiger partial charge is 0.467 e. The van der Waals surface area contributed by atoms with Crippen molar-refractivity contribution in [3.63, 3.8) is 0 Å². The Morgan fingerprint density at radius 3 is 2.79 bits per heavy atom. The first-order chi connectivity index (χ1) is 8.99. The number of carbonyl (C=O) groups excluding carboxylic acids is 1. The van der Waals surface area contributed by atoms with Crippen molar-refractivity contribution in [2.75, 3.05) is 20.7 Å². The molecule has 2 N–H and O–H groups in total. The van der Waals surface area contributed by atoms with Crippen LogP contribution in [0.15, 0.2) is 4.99 Å². The fourth-order valence-corrected chi connectivity index (χ4v) is 3.22. The van der Waals surface area contributed by atoms with Gasteiger partial charge in [-0.05, 0) is 6.92 Å². The number of methoxy groups -OCH3 is 1. The molecule has 0 aromatic carbocycles. The molecule has 0 amide bonds. The minimum atomic E-state index is -1.33. The van der Waals surface area contributed by atoms with Crippen molar-refractivity contribution in [1.29, 1.82) is 0 Å². The van der Waals surface area contributed by atoms with E-state index in [1.807, 2.05) is 18.9 Å². The molecule has 5 atom stereocenters. The zero-order chi connectivity index (χ0) is 14.2. The standard InChI is InChI=1S/C11H18N2O5S/c1-4-13(2)11-12-5-6(14)7(15)8(9(16)17-3)18-10(5)19-11/h5-8,10,14-15H,4H2,1-3H3/t5-,6-,7+,8+,10-/m1/s1. The Morgan fingerprint density at radius 2 is 2.21 bits per heavy atom. The third-order valence-corrected chi connectivity index (χ3v) is 4.54. The molecule has 0 spiro atoms. The van der Waals surface area contributed by atoms with Gasteiger partial charge in [-0.25, -0.2) is 4.79 Å². The molecule has 108 valence electrons. The van der Waals surface area contributed by atoms with Crippen LogP contribution in [0.4, 0.5) is 0 Å². The van der Waals surface area contributed by atoms with Crippen LogP contribution in [0.5, 0.6) is 0 Å². The fraction of sp³-hybridized carbons (Fsp3) is 0.818. The van der Waals surface area contributed by atoms with E-state index >= 15 is 0 Å². The van der Waals surface area contributed by atoms with Gasteiger partial charge in [-0.1, -0.05) is 11.8 Å². The minimum Gasteiger partial charge on any atom is -0.467 e. The summed E-state index contributed by atoms with van der Waals surface area (Å²) in [5.74, 6) is -0.692. The van der Waals surface area contributed by atoms with Crippen LogP contribution in [-0.4, -0.2) is 76.7 Å². The molecule has 2 rings (SSSR count). The molecule has 8 heteroatoms. The number of thioether (sulfide) groups is 1. The van der Waals surface area contributed by atoms with Gasteiger partial charge in [0.1, 0.15) is 23.7 Å². The lowest BCUT2D eigenvalue weighted by Crippen LogP contribution is -2.57. The van der Waals surface area contributed by atoms with Crippen molar-refractivity contribution < 1.29 is 24.5 Å². The molecule has 1 fully saturated rings. The maximum absolute atomic E-state index is 11.5. The second-order valence-corrected chi connectivity index (χ2v) is 5.53. The maximum atomic E-state index is 11.5. The molecule has 7 nitrogen and oxygen atoms in total. The van der Waals surface area contributed by atoms with Crippen molar-refractivity contribution in [2.24, 2.45) is 4.99 Å². The Bertz CT molecular complexity index is 391. The van der Waals surface area contributed by atoms with E-state index in [0.29, 0.717) is 0 Å². The number of hydrogen-bond donors (Lipinski definition) is 2. The van der Waals surface area contributed by atoms with Gasteiger partial charge in [-0.3, -0.25) is 4.99 Å². The molecule has 0 aromatic rings. The zero-order valence-electron chi connectivity index (χ0n) is 11.0. The second kappa shape index (κ2) is 5.66. The highest BCUT2D eigenvalue weighted by Crippen LogP contribution is 2.37. The van der Waals surface area contributed by atoms with Gasteiger partial charge in [0.2, 0.25) is 0 Å². The molecule has 0 radical (unpaired) electrons. The zero-order valence-corrected chi connectivity index (χ0v) is 11.8. The van der Waals surface area contributed by atoms with Crippen LogP contribution < -0.4 is 0 Å². The van der Waals surface area contributed by atoms with Gasteiger partial charge in [-0.2, -0.15) is 0 Å².